The zero-order chi connectivity index (χ0) is 39.6. The largest absolute Gasteiger partial charge is 0.0616 e. The van der Waals surface area contributed by atoms with E-state index in [-0.39, 0.29) is 0 Å². The lowest BCUT2D eigenvalue weighted by molar-refractivity contribution is 1.62. The van der Waals surface area contributed by atoms with Crippen LogP contribution in [0.2, 0.25) is 0 Å². The molecule has 0 bridgehead atoms. The van der Waals surface area contributed by atoms with E-state index in [2.05, 4.69) is 231 Å². The van der Waals surface area contributed by atoms with Crippen LogP contribution in [-0.2, 0) is 0 Å². The molecule has 0 saturated heterocycles. The number of hydrogen-bond acceptors (Lipinski definition) is 0. The molecular formula is C60H38. The topological polar surface area (TPSA) is 0 Å². The molecule has 0 heteroatoms. The molecule has 60 heavy (non-hydrogen) atoms. The summed E-state index contributed by atoms with van der Waals surface area (Å²) in [6.45, 7) is 0. The average molecular weight is 759 g/mol. The van der Waals surface area contributed by atoms with Gasteiger partial charge in [0.1, 0.15) is 0 Å². The molecule has 0 N–H and O–H groups in total. The monoisotopic (exact) mass is 758 g/mol. The van der Waals surface area contributed by atoms with E-state index in [4.69, 9.17) is 0 Å². The number of fused-ring (bicyclic) bond motifs is 6. The predicted molar refractivity (Wildman–Crippen MR) is 259 cm³/mol. The minimum Gasteiger partial charge on any atom is -0.0616 e. The van der Waals surface area contributed by atoms with E-state index in [9.17, 15) is 0 Å². The predicted octanol–water partition coefficient (Wildman–Crippen LogP) is 16.9. The third-order valence-corrected chi connectivity index (χ3v) is 12.6. The minimum atomic E-state index is 1.20. The normalized spacial score (nSPS) is 11.7. The first kappa shape index (κ1) is 34.3. The van der Waals surface area contributed by atoms with Crippen molar-refractivity contribution < 1.29 is 0 Å². The molecule has 0 spiro atoms. The molecule has 0 fully saturated rings. The van der Waals surface area contributed by atoms with E-state index in [0.29, 0.717) is 0 Å². The lowest BCUT2D eigenvalue weighted by atomic mass is 9.86. The highest BCUT2D eigenvalue weighted by Gasteiger charge is 2.17. The van der Waals surface area contributed by atoms with Crippen LogP contribution in [0, 0.1) is 0 Å². The Balaban J connectivity index is 1.12. The molecule has 12 aromatic rings. The Morgan fingerprint density at radius 3 is 1.02 bits per heavy atom. The quantitative estimate of drug-likeness (QED) is 0.164. The van der Waals surface area contributed by atoms with Crippen LogP contribution in [-0.4, -0.2) is 0 Å². The van der Waals surface area contributed by atoms with E-state index in [0.717, 1.165) is 0 Å². The molecule has 0 atom stereocenters. The summed E-state index contributed by atoms with van der Waals surface area (Å²) in [6.07, 6.45) is 0. The second kappa shape index (κ2) is 13.9. The van der Waals surface area contributed by atoms with Gasteiger partial charge in [-0.1, -0.05) is 182 Å². The van der Waals surface area contributed by atoms with Crippen LogP contribution in [0.5, 0.6) is 0 Å². The molecule has 0 nitrogen and oxygen atoms in total. The summed E-state index contributed by atoms with van der Waals surface area (Å²) >= 11 is 0. The maximum absolute atomic E-state index is 2.43. The van der Waals surface area contributed by atoms with Crippen LogP contribution in [0.4, 0.5) is 0 Å². The Bertz CT molecular complexity index is 3660. The van der Waals surface area contributed by atoms with Crippen LogP contribution < -0.4 is 0 Å². The summed E-state index contributed by atoms with van der Waals surface area (Å²) in [5.74, 6) is 0. The van der Waals surface area contributed by atoms with Crippen LogP contribution in [0.1, 0.15) is 0 Å². The first-order valence-electron chi connectivity index (χ1n) is 20.8. The van der Waals surface area contributed by atoms with Crippen LogP contribution in [0.15, 0.2) is 231 Å². The van der Waals surface area contributed by atoms with Crippen molar-refractivity contribution in [3.63, 3.8) is 0 Å². The highest BCUT2D eigenvalue weighted by atomic mass is 14.2. The molecule has 0 unspecified atom stereocenters. The van der Waals surface area contributed by atoms with E-state index in [1.165, 1.54) is 120 Å². The van der Waals surface area contributed by atoms with Gasteiger partial charge in [0, 0.05) is 0 Å². The summed E-state index contributed by atoms with van der Waals surface area (Å²) in [7, 11) is 0. The molecule has 12 aromatic carbocycles. The van der Waals surface area contributed by atoms with Crippen LogP contribution in [0.3, 0.4) is 0 Å². The van der Waals surface area contributed by atoms with Gasteiger partial charge in [-0.3, -0.25) is 0 Å². The van der Waals surface area contributed by atoms with E-state index >= 15 is 0 Å². The van der Waals surface area contributed by atoms with Gasteiger partial charge >= 0.3 is 0 Å². The van der Waals surface area contributed by atoms with E-state index in [1.54, 1.807) is 0 Å². The van der Waals surface area contributed by atoms with Gasteiger partial charge in [-0.15, -0.1) is 0 Å². The molecule has 0 amide bonds. The Hall–Kier alpha value is -7.80. The molecule has 0 radical (unpaired) electrons. The Morgan fingerprint density at radius 2 is 0.500 bits per heavy atom. The Kier molecular flexibility index (Phi) is 7.96. The van der Waals surface area contributed by atoms with Crippen molar-refractivity contribution in [2.45, 2.75) is 0 Å². The molecular weight excluding hydrogens is 721 g/mol. The van der Waals surface area contributed by atoms with Crippen molar-refractivity contribution in [2.24, 2.45) is 0 Å². The molecule has 0 saturated carbocycles. The fraction of sp³-hybridized carbons (Fsp3) is 0. The van der Waals surface area contributed by atoms with Gasteiger partial charge in [0.15, 0.2) is 0 Å². The van der Waals surface area contributed by atoms with Crippen molar-refractivity contribution >= 4 is 64.6 Å². The second-order valence-corrected chi connectivity index (χ2v) is 16.1. The van der Waals surface area contributed by atoms with Crippen molar-refractivity contribution in [2.75, 3.05) is 0 Å². The first-order valence-corrected chi connectivity index (χ1v) is 20.8. The van der Waals surface area contributed by atoms with E-state index < -0.39 is 0 Å². The zero-order valence-electron chi connectivity index (χ0n) is 32.9. The number of benzene rings is 12. The first-order chi connectivity index (χ1) is 29.7. The zero-order valence-corrected chi connectivity index (χ0v) is 32.9. The smallest absolute Gasteiger partial charge is 0.00928 e. The lowest BCUT2D eigenvalue weighted by Crippen LogP contribution is -1.91. The van der Waals surface area contributed by atoms with Gasteiger partial charge in [-0.05, 0) is 169 Å². The molecule has 0 aliphatic carbocycles. The van der Waals surface area contributed by atoms with Gasteiger partial charge in [0.25, 0.3) is 0 Å². The molecule has 278 valence electrons. The molecule has 0 aliphatic heterocycles. The number of rotatable bonds is 5. The average Bonchev–Trinajstić information content (AvgIpc) is 3.32. The maximum Gasteiger partial charge on any atom is -0.00928 e. The summed E-state index contributed by atoms with van der Waals surface area (Å²) in [5.41, 5.74) is 12.2. The highest BCUT2D eigenvalue weighted by molar-refractivity contribution is 6.13. The molecule has 0 aromatic heterocycles. The van der Waals surface area contributed by atoms with Crippen molar-refractivity contribution in [3.8, 4) is 55.6 Å². The third-order valence-electron chi connectivity index (χ3n) is 12.6. The van der Waals surface area contributed by atoms with Crippen molar-refractivity contribution in [1.29, 1.82) is 0 Å². The highest BCUT2D eigenvalue weighted by Crippen LogP contribution is 2.43. The summed E-state index contributed by atoms with van der Waals surface area (Å²) in [5, 5.41) is 14.9. The Morgan fingerprint density at radius 1 is 0.150 bits per heavy atom. The fourth-order valence-electron chi connectivity index (χ4n) is 9.42. The molecule has 12 rings (SSSR count). The summed E-state index contributed by atoms with van der Waals surface area (Å²) < 4.78 is 0. The van der Waals surface area contributed by atoms with Gasteiger partial charge in [0.2, 0.25) is 0 Å². The third kappa shape index (κ3) is 5.93. The summed E-state index contributed by atoms with van der Waals surface area (Å²) in [6, 6.07) is 85.6. The minimum absolute atomic E-state index is 1.20. The second-order valence-electron chi connectivity index (χ2n) is 16.1. The molecule has 0 heterocycles. The van der Waals surface area contributed by atoms with E-state index in [1.807, 2.05) is 0 Å². The number of hydrogen-bond donors (Lipinski definition) is 0. The molecule has 0 aliphatic rings. The van der Waals surface area contributed by atoms with Gasteiger partial charge in [0.05, 0.1) is 0 Å². The fourth-order valence-corrected chi connectivity index (χ4v) is 9.42. The Labute approximate surface area is 349 Å². The van der Waals surface area contributed by atoms with Gasteiger partial charge < -0.3 is 0 Å². The van der Waals surface area contributed by atoms with Gasteiger partial charge in [-0.2, -0.15) is 0 Å². The SMILES string of the molecule is c1ccc2cc(-c3ccc4c(-c5ccc(-c6ccc7ccccc7c6)c6ccc(-c7ccc8ccccc8c7)cc56)cc(-c5ccc6ccccc6c5)cc4c3)ccc2c1. The standard InChI is InChI=1S/C60H38/c1-5-13-43-31-47(21-17-39(43)9-1)49-25-27-56-54(35-49)36-53(50-23-19-41-11-3-7-15-45(41)33-50)38-59(56)58-30-29-55(52-24-20-42-12-4-8-16-46(42)34-52)57-28-26-51(37-60(57)58)48-22-18-40-10-2-6-14-44(40)32-48/h1-38H. The van der Waals surface area contributed by atoms with Crippen LogP contribution >= 0.6 is 0 Å². The van der Waals surface area contributed by atoms with Gasteiger partial charge in [-0.25, -0.2) is 0 Å². The van der Waals surface area contributed by atoms with Crippen molar-refractivity contribution in [1.82, 2.24) is 0 Å². The van der Waals surface area contributed by atoms with Crippen LogP contribution in [0.25, 0.3) is 120 Å². The lowest BCUT2D eigenvalue weighted by Gasteiger charge is -2.18. The summed E-state index contributed by atoms with van der Waals surface area (Å²) in [4.78, 5) is 0. The maximum atomic E-state index is 2.43. The van der Waals surface area contributed by atoms with Crippen molar-refractivity contribution in [3.05, 3.63) is 231 Å².